The first kappa shape index (κ1) is 13.6. The van der Waals surface area contributed by atoms with E-state index in [4.69, 9.17) is 5.11 Å². The summed E-state index contributed by atoms with van der Waals surface area (Å²) in [6, 6.07) is 1.52. The minimum Gasteiger partial charge on any atom is -0.464 e. The standard InChI is InChI=1S/C11H15NO5/c1-6-3-7(10(15)8(14)5-13)4-12-9(6)11(16)17-2/h3-4,8,10,13-15H,5H2,1-2H3. The quantitative estimate of drug-likeness (QED) is 0.618. The van der Waals surface area contributed by atoms with Crippen molar-refractivity contribution in [2.45, 2.75) is 19.1 Å². The van der Waals surface area contributed by atoms with E-state index in [-0.39, 0.29) is 5.69 Å². The number of methoxy groups -OCH3 is 1. The van der Waals surface area contributed by atoms with Gasteiger partial charge in [0.2, 0.25) is 0 Å². The maximum atomic E-state index is 11.3. The average molecular weight is 241 g/mol. The Labute approximate surface area is 98.5 Å². The monoisotopic (exact) mass is 241 g/mol. The van der Waals surface area contributed by atoms with E-state index in [1.807, 2.05) is 0 Å². The third-order valence-electron chi connectivity index (χ3n) is 2.37. The molecule has 1 aromatic rings. The van der Waals surface area contributed by atoms with Crippen LogP contribution in [0.1, 0.15) is 27.7 Å². The number of carbonyl (C=O) groups excluding carboxylic acids is 1. The third kappa shape index (κ3) is 3.00. The maximum Gasteiger partial charge on any atom is 0.356 e. The van der Waals surface area contributed by atoms with Gasteiger partial charge >= 0.3 is 5.97 Å². The Bertz CT molecular complexity index is 407. The van der Waals surface area contributed by atoms with Crippen LogP contribution in [-0.2, 0) is 4.74 Å². The highest BCUT2D eigenvalue weighted by atomic mass is 16.5. The van der Waals surface area contributed by atoms with Crippen LogP contribution in [0.4, 0.5) is 0 Å². The fourth-order valence-electron chi connectivity index (χ4n) is 1.39. The lowest BCUT2D eigenvalue weighted by atomic mass is 10.0. The molecule has 0 amide bonds. The average Bonchev–Trinajstić information content (AvgIpc) is 2.35. The van der Waals surface area contributed by atoms with E-state index in [0.29, 0.717) is 11.1 Å². The van der Waals surface area contributed by atoms with Crippen LogP contribution < -0.4 is 0 Å². The Morgan fingerprint density at radius 3 is 2.65 bits per heavy atom. The number of carbonyl (C=O) groups is 1. The highest BCUT2D eigenvalue weighted by molar-refractivity contribution is 5.88. The molecule has 2 atom stereocenters. The number of aryl methyl sites for hydroxylation is 1. The van der Waals surface area contributed by atoms with E-state index in [9.17, 15) is 15.0 Å². The van der Waals surface area contributed by atoms with Crippen molar-refractivity contribution in [2.24, 2.45) is 0 Å². The van der Waals surface area contributed by atoms with Crippen LogP contribution in [0.3, 0.4) is 0 Å². The second-order valence-electron chi connectivity index (χ2n) is 3.62. The van der Waals surface area contributed by atoms with Crippen molar-refractivity contribution in [1.29, 1.82) is 0 Å². The predicted molar refractivity (Wildman–Crippen MR) is 58.4 cm³/mol. The molecule has 0 aliphatic carbocycles. The van der Waals surface area contributed by atoms with Gasteiger partial charge in [-0.15, -0.1) is 0 Å². The summed E-state index contributed by atoms with van der Waals surface area (Å²) in [5.74, 6) is -0.564. The van der Waals surface area contributed by atoms with Gasteiger partial charge in [-0.25, -0.2) is 9.78 Å². The van der Waals surface area contributed by atoms with Gasteiger partial charge in [0, 0.05) is 11.8 Å². The Kier molecular flexibility index (Phi) is 4.56. The van der Waals surface area contributed by atoms with E-state index in [1.54, 1.807) is 6.92 Å². The first-order valence-electron chi connectivity index (χ1n) is 5.03. The lowest BCUT2D eigenvalue weighted by Crippen LogP contribution is -2.22. The van der Waals surface area contributed by atoms with Gasteiger partial charge in [-0.2, -0.15) is 0 Å². The second-order valence-corrected chi connectivity index (χ2v) is 3.62. The third-order valence-corrected chi connectivity index (χ3v) is 2.37. The normalized spacial score (nSPS) is 14.2. The number of hydrogen-bond donors (Lipinski definition) is 3. The molecule has 6 nitrogen and oxygen atoms in total. The lowest BCUT2D eigenvalue weighted by Gasteiger charge is -2.16. The summed E-state index contributed by atoms with van der Waals surface area (Å²) in [4.78, 5) is 15.1. The number of hydrogen-bond acceptors (Lipinski definition) is 6. The van der Waals surface area contributed by atoms with Crippen LogP contribution in [0.25, 0.3) is 0 Å². The molecule has 2 unspecified atom stereocenters. The van der Waals surface area contributed by atoms with E-state index < -0.39 is 24.8 Å². The molecule has 1 rings (SSSR count). The van der Waals surface area contributed by atoms with Gasteiger partial charge in [0.15, 0.2) is 5.69 Å². The number of aromatic nitrogens is 1. The summed E-state index contributed by atoms with van der Waals surface area (Å²) in [5.41, 5.74) is 1.01. The smallest absolute Gasteiger partial charge is 0.356 e. The number of pyridine rings is 1. The molecule has 6 heteroatoms. The number of aliphatic hydroxyl groups is 3. The highest BCUT2D eigenvalue weighted by Crippen LogP contribution is 2.18. The number of nitrogens with zero attached hydrogens (tertiary/aromatic N) is 1. The first-order chi connectivity index (χ1) is 8.01. The van der Waals surface area contributed by atoms with Crippen molar-refractivity contribution in [3.05, 3.63) is 29.1 Å². The van der Waals surface area contributed by atoms with E-state index in [0.717, 1.165) is 0 Å². The molecule has 0 saturated carbocycles. The number of esters is 1. The minimum absolute atomic E-state index is 0.155. The van der Waals surface area contributed by atoms with Gasteiger partial charge in [0.25, 0.3) is 0 Å². The molecular formula is C11H15NO5. The molecule has 17 heavy (non-hydrogen) atoms. The van der Waals surface area contributed by atoms with Gasteiger partial charge in [0.05, 0.1) is 13.7 Å². The zero-order valence-corrected chi connectivity index (χ0v) is 9.62. The fourth-order valence-corrected chi connectivity index (χ4v) is 1.39. The second kappa shape index (κ2) is 5.72. The molecule has 0 saturated heterocycles. The van der Waals surface area contributed by atoms with Gasteiger partial charge < -0.3 is 20.1 Å². The van der Waals surface area contributed by atoms with E-state index in [1.165, 1.54) is 19.4 Å². The molecule has 0 bridgehead atoms. The zero-order valence-electron chi connectivity index (χ0n) is 9.62. The lowest BCUT2D eigenvalue weighted by molar-refractivity contribution is -0.0154. The molecular weight excluding hydrogens is 226 g/mol. The highest BCUT2D eigenvalue weighted by Gasteiger charge is 2.20. The van der Waals surface area contributed by atoms with Crippen molar-refractivity contribution in [1.82, 2.24) is 4.98 Å². The summed E-state index contributed by atoms with van der Waals surface area (Å²) in [7, 11) is 1.25. The van der Waals surface area contributed by atoms with Crippen molar-refractivity contribution in [2.75, 3.05) is 13.7 Å². The summed E-state index contributed by atoms with van der Waals surface area (Å²) in [6.45, 7) is 1.08. The molecule has 0 spiro atoms. The summed E-state index contributed by atoms with van der Waals surface area (Å²) in [5, 5.41) is 27.6. The van der Waals surface area contributed by atoms with E-state index >= 15 is 0 Å². The summed E-state index contributed by atoms with van der Waals surface area (Å²) in [6.07, 6.45) is -1.25. The van der Waals surface area contributed by atoms with E-state index in [2.05, 4.69) is 9.72 Å². The molecule has 0 aliphatic heterocycles. The molecule has 1 heterocycles. The Morgan fingerprint density at radius 1 is 1.53 bits per heavy atom. The van der Waals surface area contributed by atoms with Crippen molar-refractivity contribution < 1.29 is 24.9 Å². The first-order valence-corrected chi connectivity index (χ1v) is 5.03. The van der Waals surface area contributed by atoms with Crippen LogP contribution in [0.15, 0.2) is 12.3 Å². The number of ether oxygens (including phenoxy) is 1. The zero-order chi connectivity index (χ0) is 13.0. The number of rotatable bonds is 4. The van der Waals surface area contributed by atoms with Gasteiger partial charge in [-0.3, -0.25) is 0 Å². The van der Waals surface area contributed by atoms with Crippen LogP contribution in [-0.4, -0.2) is 46.1 Å². The molecule has 0 aromatic carbocycles. The predicted octanol–water partition coefficient (Wildman–Crippen LogP) is -0.437. The molecule has 1 aromatic heterocycles. The van der Waals surface area contributed by atoms with Gasteiger partial charge in [-0.1, -0.05) is 0 Å². The van der Waals surface area contributed by atoms with Crippen LogP contribution in [0.2, 0.25) is 0 Å². The minimum atomic E-state index is -1.28. The fraction of sp³-hybridized carbons (Fsp3) is 0.455. The molecule has 3 N–H and O–H groups in total. The Balaban J connectivity index is 3.00. The van der Waals surface area contributed by atoms with Crippen LogP contribution in [0.5, 0.6) is 0 Å². The summed E-state index contributed by atoms with van der Waals surface area (Å²) >= 11 is 0. The topological polar surface area (TPSA) is 99.9 Å². The summed E-state index contributed by atoms with van der Waals surface area (Å²) < 4.78 is 4.53. The van der Waals surface area contributed by atoms with Crippen LogP contribution >= 0.6 is 0 Å². The van der Waals surface area contributed by atoms with Gasteiger partial charge in [-0.05, 0) is 18.6 Å². The SMILES string of the molecule is COC(=O)c1ncc(C(O)C(O)CO)cc1C. The van der Waals surface area contributed by atoms with Crippen molar-refractivity contribution in [3.63, 3.8) is 0 Å². The Morgan fingerprint density at radius 2 is 2.18 bits per heavy atom. The Hall–Kier alpha value is -1.50. The molecule has 0 radical (unpaired) electrons. The number of aliphatic hydroxyl groups excluding tert-OH is 3. The maximum absolute atomic E-state index is 11.3. The van der Waals surface area contributed by atoms with Gasteiger partial charge in [0.1, 0.15) is 12.2 Å². The molecule has 0 fully saturated rings. The molecule has 0 aliphatic rings. The molecule has 94 valence electrons. The largest absolute Gasteiger partial charge is 0.464 e. The van der Waals surface area contributed by atoms with Crippen molar-refractivity contribution in [3.8, 4) is 0 Å². The van der Waals surface area contributed by atoms with Crippen LogP contribution in [0, 0.1) is 6.92 Å². The van der Waals surface area contributed by atoms with Crippen molar-refractivity contribution >= 4 is 5.97 Å².